The van der Waals surface area contributed by atoms with Crippen LogP contribution in [0.1, 0.15) is 28.0 Å². The molecule has 0 spiro atoms. The van der Waals surface area contributed by atoms with Crippen LogP contribution in [-0.4, -0.2) is 45.1 Å². The Kier molecular flexibility index (Phi) is 3.61. The zero-order chi connectivity index (χ0) is 15.7. The van der Waals surface area contributed by atoms with Crippen molar-refractivity contribution in [2.24, 2.45) is 5.92 Å². The zero-order valence-corrected chi connectivity index (χ0v) is 12.2. The standard InChI is InChI=1S/C13H15N5O4/c1-7-3-10(17-21-7)13(20)18-5-9(6-18)12(19)14-4-11-15-8(2)16-22-11/h3,9H,4-6H2,1-2H3,(H,14,19). The molecule has 22 heavy (non-hydrogen) atoms. The van der Waals surface area contributed by atoms with Crippen molar-refractivity contribution in [3.05, 3.63) is 29.2 Å². The van der Waals surface area contributed by atoms with Crippen molar-refractivity contribution in [2.45, 2.75) is 20.4 Å². The van der Waals surface area contributed by atoms with Gasteiger partial charge in [-0.1, -0.05) is 10.3 Å². The largest absolute Gasteiger partial charge is 0.361 e. The van der Waals surface area contributed by atoms with Crippen LogP contribution in [0.3, 0.4) is 0 Å². The number of hydrogen-bond donors (Lipinski definition) is 1. The Bertz CT molecular complexity index is 701. The van der Waals surface area contributed by atoms with Gasteiger partial charge in [0.1, 0.15) is 5.76 Å². The second-order valence-corrected chi connectivity index (χ2v) is 5.18. The summed E-state index contributed by atoms with van der Waals surface area (Å²) >= 11 is 0. The van der Waals surface area contributed by atoms with Gasteiger partial charge in [0.2, 0.25) is 11.8 Å². The Balaban J connectivity index is 1.46. The Morgan fingerprint density at radius 3 is 2.68 bits per heavy atom. The maximum atomic E-state index is 12.0. The molecule has 1 aliphatic rings. The molecular formula is C13H15N5O4. The number of nitrogens with zero attached hydrogens (tertiary/aromatic N) is 4. The fraction of sp³-hybridized carbons (Fsp3) is 0.462. The summed E-state index contributed by atoms with van der Waals surface area (Å²) in [5.74, 6) is 0.849. The Morgan fingerprint density at radius 2 is 2.09 bits per heavy atom. The summed E-state index contributed by atoms with van der Waals surface area (Å²) in [5, 5.41) is 10.0. The number of nitrogens with one attached hydrogen (secondary N) is 1. The molecule has 3 rings (SSSR count). The van der Waals surface area contributed by atoms with E-state index in [0.717, 1.165) is 0 Å². The average molecular weight is 305 g/mol. The van der Waals surface area contributed by atoms with E-state index >= 15 is 0 Å². The molecular weight excluding hydrogens is 290 g/mol. The highest BCUT2D eigenvalue weighted by Crippen LogP contribution is 2.19. The van der Waals surface area contributed by atoms with Gasteiger partial charge in [-0.3, -0.25) is 9.59 Å². The summed E-state index contributed by atoms with van der Waals surface area (Å²) in [6, 6.07) is 1.58. The molecule has 1 N–H and O–H groups in total. The molecule has 3 heterocycles. The second kappa shape index (κ2) is 5.58. The number of rotatable bonds is 4. The maximum Gasteiger partial charge on any atom is 0.276 e. The molecule has 9 heteroatoms. The van der Waals surface area contributed by atoms with Gasteiger partial charge < -0.3 is 19.3 Å². The Morgan fingerprint density at radius 1 is 1.32 bits per heavy atom. The lowest BCUT2D eigenvalue weighted by Gasteiger charge is -2.37. The van der Waals surface area contributed by atoms with Crippen LogP contribution in [-0.2, 0) is 11.3 Å². The lowest BCUT2D eigenvalue weighted by Crippen LogP contribution is -2.55. The lowest BCUT2D eigenvalue weighted by atomic mass is 9.98. The first-order chi connectivity index (χ1) is 10.5. The minimum absolute atomic E-state index is 0.142. The summed E-state index contributed by atoms with van der Waals surface area (Å²) in [6.07, 6.45) is 0. The SMILES string of the molecule is Cc1noc(CNC(=O)C2CN(C(=O)c3cc(C)on3)C2)n1. The fourth-order valence-corrected chi connectivity index (χ4v) is 2.16. The molecule has 2 aromatic rings. The van der Waals surface area contributed by atoms with E-state index in [4.69, 9.17) is 9.05 Å². The van der Waals surface area contributed by atoms with Crippen LogP contribution in [0.25, 0.3) is 0 Å². The maximum absolute atomic E-state index is 12.0. The van der Waals surface area contributed by atoms with E-state index in [1.165, 1.54) is 0 Å². The summed E-state index contributed by atoms with van der Waals surface area (Å²) < 4.78 is 9.77. The molecule has 0 unspecified atom stereocenters. The Labute approximate surface area is 125 Å². The van der Waals surface area contributed by atoms with Gasteiger partial charge in [0.05, 0.1) is 12.5 Å². The van der Waals surface area contributed by atoms with Gasteiger partial charge in [-0.2, -0.15) is 4.98 Å². The van der Waals surface area contributed by atoms with Crippen LogP contribution in [0.5, 0.6) is 0 Å². The van der Waals surface area contributed by atoms with Gasteiger partial charge in [0.25, 0.3) is 5.91 Å². The van der Waals surface area contributed by atoms with E-state index in [9.17, 15) is 9.59 Å². The van der Waals surface area contributed by atoms with Gasteiger partial charge in [0, 0.05) is 19.2 Å². The molecule has 9 nitrogen and oxygen atoms in total. The van der Waals surface area contributed by atoms with Crippen molar-refractivity contribution in [1.29, 1.82) is 0 Å². The monoisotopic (exact) mass is 305 g/mol. The van der Waals surface area contributed by atoms with Crippen LogP contribution in [0, 0.1) is 19.8 Å². The van der Waals surface area contributed by atoms with Crippen molar-refractivity contribution < 1.29 is 18.6 Å². The minimum atomic E-state index is -0.235. The number of likely N-dealkylation sites (tertiary alicyclic amines) is 1. The second-order valence-electron chi connectivity index (χ2n) is 5.18. The van der Waals surface area contributed by atoms with Crippen LogP contribution >= 0.6 is 0 Å². The first-order valence-corrected chi connectivity index (χ1v) is 6.82. The lowest BCUT2D eigenvalue weighted by molar-refractivity contribution is -0.129. The summed E-state index contributed by atoms with van der Waals surface area (Å²) in [7, 11) is 0. The molecule has 0 aliphatic carbocycles. The van der Waals surface area contributed by atoms with Crippen molar-refractivity contribution in [3.63, 3.8) is 0 Å². The third-order valence-corrected chi connectivity index (χ3v) is 3.37. The van der Waals surface area contributed by atoms with Crippen molar-refractivity contribution in [3.8, 4) is 0 Å². The molecule has 1 fully saturated rings. The van der Waals surface area contributed by atoms with Crippen molar-refractivity contribution in [1.82, 2.24) is 25.5 Å². The molecule has 0 aromatic carbocycles. The number of aryl methyl sites for hydroxylation is 2. The van der Waals surface area contributed by atoms with Crippen molar-refractivity contribution >= 4 is 11.8 Å². The van der Waals surface area contributed by atoms with E-state index in [-0.39, 0.29) is 30.0 Å². The highest BCUT2D eigenvalue weighted by molar-refractivity contribution is 5.94. The van der Waals surface area contributed by atoms with Gasteiger partial charge in [-0.25, -0.2) is 0 Å². The van der Waals surface area contributed by atoms with E-state index in [2.05, 4.69) is 20.6 Å². The predicted octanol–water partition coefficient (Wildman–Crippen LogP) is 0.0628. The fourth-order valence-electron chi connectivity index (χ4n) is 2.16. The van der Waals surface area contributed by atoms with E-state index in [1.807, 2.05) is 0 Å². The van der Waals surface area contributed by atoms with Crippen LogP contribution in [0.4, 0.5) is 0 Å². The topological polar surface area (TPSA) is 114 Å². The number of amides is 2. The smallest absolute Gasteiger partial charge is 0.276 e. The van der Waals surface area contributed by atoms with Gasteiger partial charge in [0.15, 0.2) is 11.5 Å². The molecule has 0 radical (unpaired) electrons. The molecule has 2 amide bonds. The van der Waals surface area contributed by atoms with E-state index < -0.39 is 0 Å². The summed E-state index contributed by atoms with van der Waals surface area (Å²) in [5.41, 5.74) is 0.262. The summed E-state index contributed by atoms with van der Waals surface area (Å²) in [6.45, 7) is 4.33. The minimum Gasteiger partial charge on any atom is -0.361 e. The quantitative estimate of drug-likeness (QED) is 0.849. The number of aromatic nitrogens is 3. The number of hydrogen-bond acceptors (Lipinski definition) is 7. The molecule has 0 bridgehead atoms. The highest BCUT2D eigenvalue weighted by atomic mass is 16.5. The number of carbonyl (C=O) groups is 2. The first kappa shape index (κ1) is 14.2. The molecule has 0 atom stereocenters. The third-order valence-electron chi connectivity index (χ3n) is 3.37. The van der Waals surface area contributed by atoms with E-state index in [0.29, 0.717) is 30.6 Å². The molecule has 2 aromatic heterocycles. The van der Waals surface area contributed by atoms with Crippen molar-refractivity contribution in [2.75, 3.05) is 13.1 Å². The molecule has 1 aliphatic heterocycles. The molecule has 116 valence electrons. The zero-order valence-electron chi connectivity index (χ0n) is 12.2. The van der Waals surface area contributed by atoms with Gasteiger partial charge in [-0.05, 0) is 13.8 Å². The van der Waals surface area contributed by atoms with Crippen LogP contribution in [0.15, 0.2) is 15.1 Å². The normalized spacial score (nSPS) is 14.7. The third kappa shape index (κ3) is 2.83. The number of carbonyl (C=O) groups excluding carboxylic acids is 2. The van der Waals surface area contributed by atoms with Crippen LogP contribution < -0.4 is 5.32 Å². The average Bonchev–Trinajstić information content (AvgIpc) is 3.03. The van der Waals surface area contributed by atoms with Gasteiger partial charge in [-0.15, -0.1) is 0 Å². The highest BCUT2D eigenvalue weighted by Gasteiger charge is 2.37. The Hall–Kier alpha value is -2.71. The predicted molar refractivity (Wildman–Crippen MR) is 71.5 cm³/mol. The van der Waals surface area contributed by atoms with E-state index in [1.54, 1.807) is 24.8 Å². The summed E-state index contributed by atoms with van der Waals surface area (Å²) in [4.78, 5) is 29.5. The van der Waals surface area contributed by atoms with Crippen LogP contribution in [0.2, 0.25) is 0 Å². The molecule has 0 saturated carbocycles. The molecule has 1 saturated heterocycles. The first-order valence-electron chi connectivity index (χ1n) is 6.82. The van der Waals surface area contributed by atoms with Gasteiger partial charge >= 0.3 is 0 Å².